The smallest absolute Gasteiger partial charge is 0.248 e. The zero-order chi connectivity index (χ0) is 19.6. The number of anilines is 1. The van der Waals surface area contributed by atoms with Crippen molar-refractivity contribution in [3.8, 4) is 0 Å². The number of allylic oxidation sites excluding steroid dienone is 1. The molecule has 1 fully saturated rings. The lowest BCUT2D eigenvalue weighted by Crippen LogP contribution is -2.23. The SMILES string of the molecule is C1=CSCC1.CNC(=O)/C(C)=C(\NC)c1ccc(C2CCC2)cc1NC=O. The number of amides is 2. The quantitative estimate of drug-likeness (QED) is 0.512. The molecule has 6 heteroatoms. The largest absolute Gasteiger partial charge is 0.387 e. The standard InChI is InChI=1S/C17H23N3O2.C4H6S/c1-11(17(22)19-3)16(18-2)14-8-7-13(12-5-4-6-12)9-15(14)20-10-21;1-2-4-5-3-1/h7-10,12,18H,4-6H2,1-3H3,(H,19,22)(H,20,21);1,3H,2,4H2/b16-11-;. The van der Waals surface area contributed by atoms with E-state index in [4.69, 9.17) is 0 Å². The zero-order valence-corrected chi connectivity index (χ0v) is 17.1. The van der Waals surface area contributed by atoms with Crippen LogP contribution in [0.4, 0.5) is 5.69 Å². The number of benzene rings is 1. The van der Waals surface area contributed by atoms with E-state index in [-0.39, 0.29) is 5.91 Å². The van der Waals surface area contributed by atoms with Gasteiger partial charge >= 0.3 is 0 Å². The van der Waals surface area contributed by atoms with Crippen LogP contribution in [0.5, 0.6) is 0 Å². The van der Waals surface area contributed by atoms with E-state index in [1.165, 1.54) is 37.0 Å². The third-order valence-corrected chi connectivity index (χ3v) is 5.75. The molecule has 1 saturated carbocycles. The Bertz CT molecular complexity index is 718. The molecule has 3 N–H and O–H groups in total. The molecule has 146 valence electrons. The van der Waals surface area contributed by atoms with Gasteiger partial charge in [0, 0.05) is 31.0 Å². The Morgan fingerprint density at radius 1 is 1.22 bits per heavy atom. The molecule has 1 aliphatic heterocycles. The summed E-state index contributed by atoms with van der Waals surface area (Å²) in [4.78, 5) is 22.8. The number of carbonyl (C=O) groups excluding carboxylic acids is 2. The maximum Gasteiger partial charge on any atom is 0.248 e. The van der Waals surface area contributed by atoms with E-state index >= 15 is 0 Å². The average Bonchev–Trinajstić information content (AvgIpc) is 3.22. The van der Waals surface area contributed by atoms with Crippen LogP contribution in [0.2, 0.25) is 0 Å². The predicted octanol–water partition coefficient (Wildman–Crippen LogP) is 3.86. The number of hydrogen-bond donors (Lipinski definition) is 3. The summed E-state index contributed by atoms with van der Waals surface area (Å²) < 4.78 is 0. The maximum absolute atomic E-state index is 11.9. The highest BCUT2D eigenvalue weighted by atomic mass is 32.2. The fourth-order valence-electron chi connectivity index (χ4n) is 3.12. The van der Waals surface area contributed by atoms with Crippen LogP contribution in [0, 0.1) is 0 Å². The van der Waals surface area contributed by atoms with E-state index in [2.05, 4.69) is 33.5 Å². The van der Waals surface area contributed by atoms with Crippen molar-refractivity contribution in [2.24, 2.45) is 0 Å². The summed E-state index contributed by atoms with van der Waals surface area (Å²) in [5.74, 6) is 1.74. The molecule has 2 aliphatic rings. The number of nitrogens with one attached hydrogen (secondary N) is 3. The van der Waals surface area contributed by atoms with Crippen LogP contribution in [0.3, 0.4) is 0 Å². The predicted molar refractivity (Wildman–Crippen MR) is 115 cm³/mol. The van der Waals surface area contributed by atoms with Crippen LogP contribution in [-0.2, 0) is 9.59 Å². The molecule has 1 aromatic carbocycles. The molecule has 0 spiro atoms. The minimum absolute atomic E-state index is 0.149. The topological polar surface area (TPSA) is 70.2 Å². The van der Waals surface area contributed by atoms with Crippen molar-refractivity contribution in [1.29, 1.82) is 0 Å². The Balaban J connectivity index is 0.000000451. The van der Waals surface area contributed by atoms with Gasteiger partial charge in [-0.3, -0.25) is 9.59 Å². The third-order valence-electron chi connectivity index (χ3n) is 4.89. The Labute approximate surface area is 166 Å². The van der Waals surface area contributed by atoms with Crippen molar-refractivity contribution >= 4 is 35.5 Å². The summed E-state index contributed by atoms with van der Waals surface area (Å²) in [6.07, 6.45) is 7.82. The highest BCUT2D eigenvalue weighted by Gasteiger charge is 2.21. The first-order valence-electron chi connectivity index (χ1n) is 9.34. The molecule has 1 heterocycles. The first-order chi connectivity index (χ1) is 13.1. The van der Waals surface area contributed by atoms with Crippen LogP contribution in [0.1, 0.15) is 49.7 Å². The van der Waals surface area contributed by atoms with Gasteiger partial charge in [0.1, 0.15) is 0 Å². The molecular weight excluding hydrogens is 358 g/mol. The lowest BCUT2D eigenvalue weighted by Gasteiger charge is -2.27. The summed E-state index contributed by atoms with van der Waals surface area (Å²) in [7, 11) is 3.37. The monoisotopic (exact) mass is 387 g/mol. The van der Waals surface area contributed by atoms with Gasteiger partial charge in [-0.25, -0.2) is 0 Å². The number of rotatable bonds is 6. The molecule has 2 amide bonds. The van der Waals surface area contributed by atoms with Gasteiger partial charge in [0.25, 0.3) is 0 Å². The van der Waals surface area contributed by atoms with Crippen LogP contribution in [-0.4, -0.2) is 32.2 Å². The van der Waals surface area contributed by atoms with Crippen LogP contribution >= 0.6 is 11.8 Å². The van der Waals surface area contributed by atoms with Crippen molar-refractivity contribution in [3.05, 3.63) is 46.4 Å². The fraction of sp³-hybridized carbons (Fsp3) is 0.429. The first-order valence-corrected chi connectivity index (χ1v) is 10.4. The molecule has 5 nitrogen and oxygen atoms in total. The van der Waals surface area contributed by atoms with Gasteiger partial charge in [-0.15, -0.1) is 11.8 Å². The molecule has 0 radical (unpaired) electrons. The second-order valence-corrected chi connectivity index (χ2v) is 7.57. The van der Waals surface area contributed by atoms with E-state index in [9.17, 15) is 9.59 Å². The average molecular weight is 388 g/mol. The van der Waals surface area contributed by atoms with Crippen molar-refractivity contribution in [3.63, 3.8) is 0 Å². The second-order valence-electron chi connectivity index (χ2n) is 6.56. The second kappa shape index (κ2) is 10.8. The van der Waals surface area contributed by atoms with Crippen LogP contribution < -0.4 is 16.0 Å². The Kier molecular flexibility index (Phi) is 8.45. The zero-order valence-electron chi connectivity index (χ0n) is 16.3. The molecule has 27 heavy (non-hydrogen) atoms. The van der Waals surface area contributed by atoms with E-state index < -0.39 is 0 Å². The molecule has 0 unspecified atom stereocenters. The normalized spacial score (nSPS) is 16.4. The molecule has 0 bridgehead atoms. The van der Waals surface area contributed by atoms with Gasteiger partial charge in [-0.05, 0) is 49.1 Å². The minimum atomic E-state index is -0.149. The summed E-state index contributed by atoms with van der Waals surface area (Å²) >= 11 is 1.89. The Hall–Kier alpha value is -2.21. The Morgan fingerprint density at radius 3 is 2.44 bits per heavy atom. The molecule has 0 aromatic heterocycles. The molecule has 3 rings (SSSR count). The lowest BCUT2D eigenvalue weighted by molar-refractivity contribution is -0.117. The highest BCUT2D eigenvalue weighted by Crippen LogP contribution is 2.38. The van der Waals surface area contributed by atoms with Crippen molar-refractivity contribution in [2.75, 3.05) is 25.2 Å². The number of carbonyl (C=O) groups is 2. The number of likely N-dealkylation sites (N-methyl/N-ethyl adjacent to an activating group) is 1. The van der Waals surface area contributed by atoms with Crippen molar-refractivity contribution in [2.45, 2.75) is 38.5 Å². The van der Waals surface area contributed by atoms with Gasteiger partial charge in [-0.1, -0.05) is 24.6 Å². The van der Waals surface area contributed by atoms with Gasteiger partial charge in [0.05, 0.1) is 11.4 Å². The Morgan fingerprint density at radius 2 is 2.00 bits per heavy atom. The molecular formula is C21H29N3O2S. The fourth-order valence-corrected chi connectivity index (χ4v) is 3.80. The maximum atomic E-state index is 11.9. The molecule has 1 aromatic rings. The van der Waals surface area contributed by atoms with Crippen molar-refractivity contribution in [1.82, 2.24) is 10.6 Å². The summed E-state index contributed by atoms with van der Waals surface area (Å²) in [5, 5.41) is 10.6. The first kappa shape index (κ1) is 21.1. The van der Waals surface area contributed by atoms with E-state index in [1.54, 1.807) is 21.0 Å². The highest BCUT2D eigenvalue weighted by molar-refractivity contribution is 8.02. The summed E-state index contributed by atoms with van der Waals surface area (Å²) in [6.45, 7) is 1.76. The van der Waals surface area contributed by atoms with E-state index in [0.717, 1.165) is 11.3 Å². The van der Waals surface area contributed by atoms with Gasteiger partial charge in [-0.2, -0.15) is 0 Å². The van der Waals surface area contributed by atoms with E-state index in [1.807, 2.05) is 23.9 Å². The molecule has 0 saturated heterocycles. The lowest BCUT2D eigenvalue weighted by atomic mass is 9.79. The van der Waals surface area contributed by atoms with Crippen LogP contribution in [0.15, 0.2) is 35.3 Å². The molecule has 1 aliphatic carbocycles. The van der Waals surface area contributed by atoms with Crippen LogP contribution in [0.25, 0.3) is 5.70 Å². The molecule has 0 atom stereocenters. The number of thioether (sulfide) groups is 1. The van der Waals surface area contributed by atoms with E-state index in [0.29, 0.717) is 23.6 Å². The summed E-state index contributed by atoms with van der Waals surface area (Å²) in [6, 6.07) is 6.07. The van der Waals surface area contributed by atoms with Crippen molar-refractivity contribution < 1.29 is 9.59 Å². The third kappa shape index (κ3) is 5.63. The van der Waals surface area contributed by atoms with Gasteiger partial charge in [0.15, 0.2) is 0 Å². The summed E-state index contributed by atoms with van der Waals surface area (Å²) in [5.41, 5.74) is 4.08. The van der Waals surface area contributed by atoms with Gasteiger partial charge in [0.2, 0.25) is 12.3 Å². The minimum Gasteiger partial charge on any atom is -0.387 e. The number of hydrogen-bond acceptors (Lipinski definition) is 4. The van der Waals surface area contributed by atoms with Gasteiger partial charge < -0.3 is 16.0 Å².